The van der Waals surface area contributed by atoms with Gasteiger partial charge in [0, 0.05) is 30.2 Å². The lowest BCUT2D eigenvalue weighted by molar-refractivity contribution is -0.116. The molecule has 2 aromatic heterocycles. The maximum Gasteiger partial charge on any atom is 0.244 e. The summed E-state index contributed by atoms with van der Waals surface area (Å²) in [4.78, 5) is 29.1. The first-order chi connectivity index (χ1) is 13.6. The van der Waals surface area contributed by atoms with Gasteiger partial charge in [0.2, 0.25) is 11.3 Å². The van der Waals surface area contributed by atoms with Crippen molar-refractivity contribution < 1.29 is 18.7 Å². The van der Waals surface area contributed by atoms with Crippen LogP contribution in [0, 0.1) is 0 Å². The summed E-state index contributed by atoms with van der Waals surface area (Å²) in [5.74, 6) is 0.652. The molecule has 8 heteroatoms. The molecule has 0 saturated heterocycles. The number of aromatic nitrogens is 2. The molecule has 0 aliphatic rings. The van der Waals surface area contributed by atoms with Crippen LogP contribution in [0.5, 0.6) is 11.5 Å². The summed E-state index contributed by atoms with van der Waals surface area (Å²) >= 11 is 0. The number of hydrogen-bond donors (Lipinski definition) is 1. The molecule has 2 heterocycles. The smallest absolute Gasteiger partial charge is 0.244 e. The van der Waals surface area contributed by atoms with Crippen LogP contribution in [0.1, 0.15) is 0 Å². The van der Waals surface area contributed by atoms with E-state index in [9.17, 15) is 9.59 Å². The van der Waals surface area contributed by atoms with Crippen molar-refractivity contribution in [2.24, 2.45) is 0 Å². The molecule has 0 spiro atoms. The number of carbonyl (C=O) groups is 1. The summed E-state index contributed by atoms with van der Waals surface area (Å²) in [6, 6.07) is 8.19. The Morgan fingerprint density at radius 2 is 2.04 bits per heavy atom. The van der Waals surface area contributed by atoms with Crippen molar-refractivity contribution in [2.45, 2.75) is 6.54 Å². The standard InChI is InChI=1S/C20H17N3O5/c1-26-13-8-16(27-2)19-17(9-13)28-15-4-3-12(7-14(15)20(19)25)22-18(24)10-23-6-5-21-11-23/h3-9,11H,10H2,1-2H3,(H,22,24). The first-order valence-corrected chi connectivity index (χ1v) is 8.47. The van der Waals surface area contributed by atoms with Crippen molar-refractivity contribution in [1.82, 2.24) is 9.55 Å². The third-order valence-corrected chi connectivity index (χ3v) is 4.34. The molecule has 0 atom stereocenters. The monoisotopic (exact) mass is 379 g/mol. The van der Waals surface area contributed by atoms with E-state index >= 15 is 0 Å². The third-order valence-electron chi connectivity index (χ3n) is 4.34. The Morgan fingerprint density at radius 3 is 2.75 bits per heavy atom. The number of ether oxygens (including phenoxy) is 2. The molecular weight excluding hydrogens is 362 g/mol. The minimum Gasteiger partial charge on any atom is -0.496 e. The molecule has 0 saturated carbocycles. The van der Waals surface area contributed by atoms with Crippen molar-refractivity contribution in [3.8, 4) is 11.5 Å². The van der Waals surface area contributed by atoms with Gasteiger partial charge >= 0.3 is 0 Å². The number of carbonyl (C=O) groups excluding carboxylic acids is 1. The molecule has 0 bridgehead atoms. The van der Waals surface area contributed by atoms with E-state index in [1.165, 1.54) is 14.2 Å². The lowest BCUT2D eigenvalue weighted by Crippen LogP contribution is -2.18. The Hall–Kier alpha value is -3.81. The van der Waals surface area contributed by atoms with Crippen LogP contribution in [0.25, 0.3) is 21.9 Å². The van der Waals surface area contributed by atoms with Gasteiger partial charge in [0.05, 0.1) is 25.9 Å². The van der Waals surface area contributed by atoms with E-state index < -0.39 is 0 Å². The number of imidazole rings is 1. The van der Waals surface area contributed by atoms with Gasteiger partial charge in [0.15, 0.2) is 0 Å². The first-order valence-electron chi connectivity index (χ1n) is 8.47. The molecule has 0 aliphatic heterocycles. The summed E-state index contributed by atoms with van der Waals surface area (Å²) in [6.45, 7) is 0.123. The summed E-state index contributed by atoms with van der Waals surface area (Å²) in [5.41, 5.74) is 1.02. The second-order valence-electron chi connectivity index (χ2n) is 6.13. The van der Waals surface area contributed by atoms with Crippen molar-refractivity contribution >= 4 is 33.5 Å². The average molecular weight is 379 g/mol. The summed E-state index contributed by atoms with van der Waals surface area (Å²) in [6.07, 6.45) is 4.85. The highest BCUT2D eigenvalue weighted by Gasteiger charge is 2.15. The van der Waals surface area contributed by atoms with Gasteiger partial charge in [-0.15, -0.1) is 0 Å². The number of amides is 1. The van der Waals surface area contributed by atoms with Crippen molar-refractivity contribution in [3.63, 3.8) is 0 Å². The van der Waals surface area contributed by atoms with E-state index in [0.717, 1.165) is 0 Å². The number of rotatable bonds is 5. The highest BCUT2D eigenvalue weighted by molar-refractivity contribution is 5.97. The number of anilines is 1. The van der Waals surface area contributed by atoms with Gasteiger partial charge < -0.3 is 23.8 Å². The lowest BCUT2D eigenvalue weighted by atomic mass is 10.1. The van der Waals surface area contributed by atoms with Gasteiger partial charge in [-0.2, -0.15) is 0 Å². The summed E-state index contributed by atoms with van der Waals surface area (Å²) < 4.78 is 18.1. The van der Waals surface area contributed by atoms with Crippen molar-refractivity contribution in [2.75, 3.05) is 19.5 Å². The maximum atomic E-state index is 13.1. The Balaban J connectivity index is 1.76. The number of fused-ring (bicyclic) bond motifs is 2. The predicted octanol–water partition coefficient (Wildman–Crippen LogP) is 2.80. The fraction of sp³-hybridized carbons (Fsp3) is 0.150. The zero-order valence-electron chi connectivity index (χ0n) is 15.3. The fourth-order valence-electron chi connectivity index (χ4n) is 3.02. The van der Waals surface area contributed by atoms with Crippen LogP contribution in [0.4, 0.5) is 5.69 Å². The molecule has 4 aromatic rings. The van der Waals surface area contributed by atoms with E-state index in [1.54, 1.807) is 53.6 Å². The Bertz CT molecular complexity index is 1230. The molecule has 28 heavy (non-hydrogen) atoms. The summed E-state index contributed by atoms with van der Waals surface area (Å²) in [7, 11) is 3.00. The van der Waals surface area contributed by atoms with Gasteiger partial charge in [-0.1, -0.05) is 0 Å². The molecule has 0 aliphatic carbocycles. The second kappa shape index (κ2) is 7.07. The van der Waals surface area contributed by atoms with E-state index in [2.05, 4.69) is 10.3 Å². The molecular formula is C20H17N3O5. The molecule has 8 nitrogen and oxygen atoms in total. The zero-order valence-corrected chi connectivity index (χ0v) is 15.3. The molecule has 0 unspecified atom stereocenters. The molecule has 0 radical (unpaired) electrons. The van der Waals surface area contributed by atoms with E-state index in [4.69, 9.17) is 13.9 Å². The molecule has 1 N–H and O–H groups in total. The van der Waals surface area contributed by atoms with Crippen LogP contribution >= 0.6 is 0 Å². The van der Waals surface area contributed by atoms with Crippen LogP contribution in [0.15, 0.2) is 58.3 Å². The van der Waals surface area contributed by atoms with E-state index in [-0.39, 0.29) is 17.9 Å². The number of hydrogen-bond acceptors (Lipinski definition) is 6. The largest absolute Gasteiger partial charge is 0.496 e. The van der Waals surface area contributed by atoms with E-state index in [0.29, 0.717) is 39.1 Å². The van der Waals surface area contributed by atoms with Crippen molar-refractivity contribution in [1.29, 1.82) is 0 Å². The Labute approximate surface area is 159 Å². The molecule has 142 valence electrons. The molecule has 4 rings (SSSR count). The number of methoxy groups -OCH3 is 2. The van der Waals surface area contributed by atoms with Crippen LogP contribution in [0.2, 0.25) is 0 Å². The molecule has 1 amide bonds. The van der Waals surface area contributed by atoms with Crippen molar-refractivity contribution in [3.05, 3.63) is 59.3 Å². The normalized spacial score (nSPS) is 10.9. The number of benzene rings is 2. The highest BCUT2D eigenvalue weighted by Crippen LogP contribution is 2.31. The SMILES string of the molecule is COc1cc(OC)c2c(=O)c3cc(NC(=O)Cn4ccnc4)ccc3oc2c1. The van der Waals surface area contributed by atoms with Crippen LogP contribution in [-0.4, -0.2) is 29.7 Å². The minimum absolute atomic E-state index is 0.123. The molecule has 0 fully saturated rings. The fourth-order valence-corrected chi connectivity index (χ4v) is 3.02. The molecule has 2 aromatic carbocycles. The number of nitrogens with one attached hydrogen (secondary N) is 1. The quantitative estimate of drug-likeness (QED) is 0.536. The zero-order chi connectivity index (χ0) is 19.7. The van der Waals surface area contributed by atoms with Crippen LogP contribution in [-0.2, 0) is 11.3 Å². The van der Waals surface area contributed by atoms with Gasteiger partial charge in [-0.25, -0.2) is 4.98 Å². The minimum atomic E-state index is -0.249. The number of nitrogens with zero attached hydrogens (tertiary/aromatic N) is 2. The van der Waals surface area contributed by atoms with Gasteiger partial charge in [0.1, 0.15) is 34.6 Å². The van der Waals surface area contributed by atoms with Crippen LogP contribution < -0.4 is 20.2 Å². The van der Waals surface area contributed by atoms with Crippen LogP contribution in [0.3, 0.4) is 0 Å². The predicted molar refractivity (Wildman–Crippen MR) is 104 cm³/mol. The first kappa shape index (κ1) is 17.6. The van der Waals surface area contributed by atoms with Gasteiger partial charge in [0.25, 0.3) is 0 Å². The second-order valence-corrected chi connectivity index (χ2v) is 6.13. The van der Waals surface area contributed by atoms with Gasteiger partial charge in [-0.05, 0) is 18.2 Å². The third kappa shape index (κ3) is 3.16. The topological polar surface area (TPSA) is 95.6 Å². The maximum absolute atomic E-state index is 13.1. The highest BCUT2D eigenvalue weighted by atomic mass is 16.5. The van der Waals surface area contributed by atoms with Gasteiger partial charge in [-0.3, -0.25) is 9.59 Å². The lowest BCUT2D eigenvalue weighted by Gasteiger charge is -2.10. The Morgan fingerprint density at radius 1 is 1.18 bits per heavy atom. The summed E-state index contributed by atoms with van der Waals surface area (Å²) in [5, 5.41) is 3.44. The average Bonchev–Trinajstić information content (AvgIpc) is 3.20. The van der Waals surface area contributed by atoms with E-state index in [1.807, 2.05) is 0 Å². The Kier molecular flexibility index (Phi) is 4.44.